The third kappa shape index (κ3) is 3.49. The lowest BCUT2D eigenvalue weighted by atomic mass is 9.95. The van der Waals surface area contributed by atoms with Gasteiger partial charge in [-0.2, -0.15) is 5.10 Å². The molecule has 1 N–H and O–H groups in total. The largest absolute Gasteiger partial charge is 0.360 e. The first-order valence-electron chi connectivity index (χ1n) is 10.1. The van der Waals surface area contributed by atoms with E-state index in [1.54, 1.807) is 0 Å². The lowest BCUT2D eigenvalue weighted by Gasteiger charge is -2.28. The summed E-state index contributed by atoms with van der Waals surface area (Å²) >= 11 is 5.72. The van der Waals surface area contributed by atoms with Gasteiger partial charge in [-0.25, -0.2) is 4.68 Å². The second-order valence-corrected chi connectivity index (χ2v) is 8.82. The molecule has 0 radical (unpaired) electrons. The highest BCUT2D eigenvalue weighted by molar-refractivity contribution is 7.80. The van der Waals surface area contributed by atoms with Crippen molar-refractivity contribution in [3.63, 3.8) is 0 Å². The molecule has 0 saturated heterocycles. The summed E-state index contributed by atoms with van der Waals surface area (Å²) in [4.78, 5) is 2.17. The van der Waals surface area contributed by atoms with Crippen LogP contribution in [0.3, 0.4) is 0 Å². The molecule has 2 aliphatic rings. The van der Waals surface area contributed by atoms with Crippen LogP contribution in [-0.4, -0.2) is 32.9 Å². The Bertz CT molecular complexity index is 856. The van der Waals surface area contributed by atoms with Crippen LogP contribution in [0.25, 0.3) is 5.69 Å². The van der Waals surface area contributed by atoms with Crippen LogP contribution in [0.1, 0.15) is 48.2 Å². The predicted octanol–water partition coefficient (Wildman–Crippen LogP) is 4.29. The molecule has 0 amide bonds. The molecule has 0 spiro atoms. The summed E-state index contributed by atoms with van der Waals surface area (Å²) in [6, 6.07) is 8.98. The van der Waals surface area contributed by atoms with E-state index in [9.17, 15) is 0 Å². The maximum absolute atomic E-state index is 5.72. The standard InChI is InChI=1S/C22H30N4S/c1-14-7-5-6-8-21(14)26-16(3)19(15(2)24-26)13-25(4)22(27)23-20-12-17-9-10-18(20)11-17/h5-8,17-18,20H,9-13H2,1-4H3,(H,23,27)/t17-,18-,20+/m0/s1. The molecule has 2 aliphatic carbocycles. The molecule has 1 aromatic heterocycles. The molecule has 2 bridgehead atoms. The number of nitrogens with one attached hydrogen (secondary N) is 1. The molecule has 5 heteroatoms. The number of hydrogen-bond donors (Lipinski definition) is 1. The van der Waals surface area contributed by atoms with Crippen LogP contribution < -0.4 is 5.32 Å². The fourth-order valence-corrected chi connectivity index (χ4v) is 5.15. The fraction of sp³-hybridized carbons (Fsp3) is 0.545. The molecule has 1 aromatic carbocycles. The number of rotatable bonds is 4. The molecular formula is C22H30N4S. The van der Waals surface area contributed by atoms with E-state index in [2.05, 4.69) is 67.0 Å². The highest BCUT2D eigenvalue weighted by Gasteiger charge is 2.39. The summed E-state index contributed by atoms with van der Waals surface area (Å²) in [7, 11) is 2.09. The van der Waals surface area contributed by atoms with Gasteiger partial charge in [0, 0.05) is 30.9 Å². The van der Waals surface area contributed by atoms with E-state index >= 15 is 0 Å². The van der Waals surface area contributed by atoms with Crippen molar-refractivity contribution in [3.8, 4) is 5.69 Å². The molecular weight excluding hydrogens is 352 g/mol. The van der Waals surface area contributed by atoms with Crippen LogP contribution in [-0.2, 0) is 6.54 Å². The van der Waals surface area contributed by atoms with E-state index in [1.807, 2.05) is 0 Å². The van der Waals surface area contributed by atoms with Crippen molar-refractivity contribution in [2.45, 2.75) is 59.0 Å². The Morgan fingerprint density at radius 2 is 2.00 bits per heavy atom. The van der Waals surface area contributed by atoms with Crippen molar-refractivity contribution in [2.24, 2.45) is 11.8 Å². The second-order valence-electron chi connectivity index (χ2n) is 8.43. The number of thiocarbonyl (C=S) groups is 1. The molecule has 4 rings (SSSR count). The summed E-state index contributed by atoms with van der Waals surface area (Å²) in [5.74, 6) is 1.76. The maximum Gasteiger partial charge on any atom is 0.169 e. The number of hydrogen-bond acceptors (Lipinski definition) is 2. The van der Waals surface area contributed by atoms with E-state index < -0.39 is 0 Å². The third-order valence-corrected chi connectivity index (χ3v) is 7.00. The first kappa shape index (κ1) is 18.5. The van der Waals surface area contributed by atoms with Crippen LogP contribution in [0.5, 0.6) is 0 Å². The van der Waals surface area contributed by atoms with Crippen molar-refractivity contribution < 1.29 is 0 Å². The van der Waals surface area contributed by atoms with Gasteiger partial charge in [-0.15, -0.1) is 0 Å². The van der Waals surface area contributed by atoms with Gasteiger partial charge in [0.1, 0.15) is 0 Å². The van der Waals surface area contributed by atoms with Crippen LogP contribution in [0.2, 0.25) is 0 Å². The number of aryl methyl sites for hydroxylation is 2. The molecule has 27 heavy (non-hydrogen) atoms. The molecule has 0 unspecified atom stereocenters. The molecule has 2 saturated carbocycles. The van der Waals surface area contributed by atoms with Gasteiger partial charge in [0.05, 0.1) is 11.4 Å². The van der Waals surface area contributed by atoms with E-state index in [1.165, 1.54) is 42.5 Å². The predicted molar refractivity (Wildman–Crippen MR) is 114 cm³/mol. The minimum absolute atomic E-state index is 0.579. The minimum atomic E-state index is 0.579. The molecule has 2 aromatic rings. The Labute approximate surface area is 167 Å². The first-order chi connectivity index (χ1) is 12.9. The lowest BCUT2D eigenvalue weighted by molar-refractivity contribution is 0.373. The number of para-hydroxylation sites is 1. The summed E-state index contributed by atoms with van der Waals surface area (Å²) in [5.41, 5.74) is 5.91. The Morgan fingerprint density at radius 1 is 1.22 bits per heavy atom. The maximum atomic E-state index is 5.72. The van der Waals surface area contributed by atoms with Crippen LogP contribution in [0, 0.1) is 32.6 Å². The molecule has 2 fully saturated rings. The lowest BCUT2D eigenvalue weighted by Crippen LogP contribution is -2.44. The van der Waals surface area contributed by atoms with Crippen LogP contribution in [0.15, 0.2) is 24.3 Å². The van der Waals surface area contributed by atoms with Gasteiger partial charge in [-0.3, -0.25) is 0 Å². The van der Waals surface area contributed by atoms with Gasteiger partial charge in [-0.05, 0) is 75.7 Å². The summed E-state index contributed by atoms with van der Waals surface area (Å²) in [5, 5.41) is 9.33. The van der Waals surface area contributed by atoms with Gasteiger partial charge in [-0.1, -0.05) is 24.6 Å². The number of benzene rings is 1. The average molecular weight is 383 g/mol. The molecule has 144 valence electrons. The normalized spacial score (nSPS) is 23.6. The van der Waals surface area contributed by atoms with Crippen molar-refractivity contribution in [1.29, 1.82) is 0 Å². The number of nitrogens with zero attached hydrogens (tertiary/aromatic N) is 3. The van der Waals surface area contributed by atoms with Gasteiger partial charge in [0.2, 0.25) is 0 Å². The van der Waals surface area contributed by atoms with E-state index in [0.29, 0.717) is 6.04 Å². The number of fused-ring (bicyclic) bond motifs is 2. The van der Waals surface area contributed by atoms with Gasteiger partial charge < -0.3 is 10.2 Å². The van der Waals surface area contributed by atoms with E-state index in [4.69, 9.17) is 17.3 Å². The summed E-state index contributed by atoms with van der Waals surface area (Å²) in [6.07, 6.45) is 5.48. The number of aromatic nitrogens is 2. The zero-order valence-electron chi connectivity index (χ0n) is 16.8. The first-order valence-corrected chi connectivity index (χ1v) is 10.5. The van der Waals surface area contributed by atoms with E-state index in [-0.39, 0.29) is 0 Å². The Morgan fingerprint density at radius 3 is 2.67 bits per heavy atom. The average Bonchev–Trinajstić information content (AvgIpc) is 3.33. The highest BCUT2D eigenvalue weighted by atomic mass is 32.1. The molecule has 0 aliphatic heterocycles. The third-order valence-electron chi connectivity index (χ3n) is 6.57. The monoisotopic (exact) mass is 382 g/mol. The van der Waals surface area contributed by atoms with Crippen molar-refractivity contribution in [2.75, 3.05) is 7.05 Å². The van der Waals surface area contributed by atoms with Crippen molar-refractivity contribution >= 4 is 17.3 Å². The van der Waals surface area contributed by atoms with Crippen molar-refractivity contribution in [1.82, 2.24) is 20.0 Å². The van der Waals surface area contributed by atoms with Gasteiger partial charge >= 0.3 is 0 Å². The zero-order chi connectivity index (χ0) is 19.1. The minimum Gasteiger partial charge on any atom is -0.360 e. The molecule has 4 nitrogen and oxygen atoms in total. The SMILES string of the molecule is Cc1ccccc1-n1nc(C)c(CN(C)C(=S)N[C@@H]2C[C@H]3CC[C@H]2C3)c1C. The fourth-order valence-electron chi connectivity index (χ4n) is 4.94. The Balaban J connectivity index is 1.47. The summed E-state index contributed by atoms with van der Waals surface area (Å²) in [6.45, 7) is 7.17. The molecule has 1 heterocycles. The molecule has 3 atom stereocenters. The quantitative estimate of drug-likeness (QED) is 0.800. The second kappa shape index (κ2) is 7.27. The Kier molecular flexibility index (Phi) is 4.97. The topological polar surface area (TPSA) is 33.1 Å². The van der Waals surface area contributed by atoms with Gasteiger partial charge in [0.25, 0.3) is 0 Å². The highest BCUT2D eigenvalue weighted by Crippen LogP contribution is 2.44. The van der Waals surface area contributed by atoms with Crippen LogP contribution in [0.4, 0.5) is 0 Å². The van der Waals surface area contributed by atoms with E-state index in [0.717, 1.165) is 34.9 Å². The Hall–Kier alpha value is -1.88. The summed E-state index contributed by atoms with van der Waals surface area (Å²) < 4.78 is 2.07. The van der Waals surface area contributed by atoms with Crippen molar-refractivity contribution in [3.05, 3.63) is 46.8 Å². The van der Waals surface area contributed by atoms with Crippen LogP contribution >= 0.6 is 12.2 Å². The van der Waals surface area contributed by atoms with Gasteiger partial charge in [0.15, 0.2) is 5.11 Å². The zero-order valence-corrected chi connectivity index (χ0v) is 17.6. The smallest absolute Gasteiger partial charge is 0.169 e.